The molecule has 0 N–H and O–H groups in total. The topological polar surface area (TPSA) is 92.8 Å². The number of carbonyl (C=O) groups excluding carboxylic acids is 2. The van der Waals surface area contributed by atoms with Crippen molar-refractivity contribution in [3.05, 3.63) is 128 Å². The molecule has 0 aliphatic carbocycles. The summed E-state index contributed by atoms with van der Waals surface area (Å²) in [5.74, 6) is 0.696. The molecule has 1 aliphatic heterocycles. The van der Waals surface area contributed by atoms with Gasteiger partial charge >= 0.3 is 5.97 Å². The Morgan fingerprint density at radius 1 is 0.881 bits per heavy atom. The average molecular weight is 833 g/mol. The van der Waals surface area contributed by atoms with Crippen LogP contribution >= 0.6 is 23.2 Å². The van der Waals surface area contributed by atoms with Crippen LogP contribution in [0.15, 0.2) is 72.8 Å². The van der Waals surface area contributed by atoms with E-state index in [1.807, 2.05) is 118 Å². The van der Waals surface area contributed by atoms with Gasteiger partial charge in [0.15, 0.2) is 0 Å². The van der Waals surface area contributed by atoms with Gasteiger partial charge in [0.05, 0.1) is 41.2 Å². The van der Waals surface area contributed by atoms with Crippen molar-refractivity contribution in [2.75, 3.05) is 25.2 Å². The molecule has 4 aromatic carbocycles. The third-order valence-electron chi connectivity index (χ3n) is 11.6. The van der Waals surface area contributed by atoms with E-state index in [4.69, 9.17) is 42.5 Å². The lowest BCUT2D eigenvalue weighted by atomic mass is 9.98. The number of esters is 1. The molecule has 0 radical (unpaired) electrons. The number of hydrogen-bond acceptors (Lipinski definition) is 6. The minimum absolute atomic E-state index is 0.164. The highest BCUT2D eigenvalue weighted by atomic mass is 35.5. The van der Waals surface area contributed by atoms with Crippen molar-refractivity contribution in [1.82, 2.24) is 18.9 Å². The third kappa shape index (κ3) is 7.02. The second kappa shape index (κ2) is 15.8. The molecule has 3 aromatic heterocycles. The molecule has 59 heavy (non-hydrogen) atoms. The lowest BCUT2D eigenvalue weighted by Gasteiger charge is -2.35. The minimum Gasteiger partial charge on any atom is -0.494 e. The first-order valence-corrected chi connectivity index (χ1v) is 20.5. The molecule has 0 bridgehead atoms. The molecule has 0 saturated carbocycles. The Kier molecular flexibility index (Phi) is 10.7. The first-order chi connectivity index (χ1) is 28.3. The van der Waals surface area contributed by atoms with Gasteiger partial charge in [-0.3, -0.25) is 9.48 Å². The van der Waals surface area contributed by atoms with E-state index in [0.29, 0.717) is 60.4 Å². The maximum atomic E-state index is 15.5. The monoisotopic (exact) mass is 831 g/mol. The van der Waals surface area contributed by atoms with E-state index in [1.165, 1.54) is 7.11 Å². The highest BCUT2D eigenvalue weighted by Crippen LogP contribution is 2.46. The second-order valence-corrected chi connectivity index (χ2v) is 16.3. The lowest BCUT2D eigenvalue weighted by Crippen LogP contribution is -2.43. The van der Waals surface area contributed by atoms with Gasteiger partial charge < -0.3 is 28.2 Å². The number of aryl methyl sites for hydroxylation is 6. The Balaban J connectivity index is 1.28. The highest BCUT2D eigenvalue weighted by Gasteiger charge is 2.38. The number of anilines is 1. The predicted molar refractivity (Wildman–Crippen MR) is 235 cm³/mol. The predicted octanol–water partition coefficient (Wildman–Crippen LogP) is 10.7. The molecule has 0 fully saturated rings. The Morgan fingerprint density at radius 3 is 2.27 bits per heavy atom. The molecule has 0 spiro atoms. The molecule has 1 amide bonds. The fourth-order valence-electron chi connectivity index (χ4n) is 8.72. The Labute approximate surface area is 353 Å². The summed E-state index contributed by atoms with van der Waals surface area (Å²) < 4.78 is 23.7. The van der Waals surface area contributed by atoms with Crippen molar-refractivity contribution >= 4 is 62.6 Å². The van der Waals surface area contributed by atoms with Crippen molar-refractivity contribution in [3.63, 3.8) is 0 Å². The number of benzene rings is 4. The van der Waals surface area contributed by atoms with Crippen LogP contribution in [0.4, 0.5) is 5.69 Å². The molecule has 7 aromatic rings. The first kappa shape index (κ1) is 40.1. The van der Waals surface area contributed by atoms with Crippen LogP contribution < -0.4 is 14.4 Å². The number of carbonyl (C=O) groups is 2. The number of fused-ring (bicyclic) bond motifs is 4. The van der Waals surface area contributed by atoms with Crippen molar-refractivity contribution in [2.24, 2.45) is 14.1 Å². The Morgan fingerprint density at radius 2 is 1.59 bits per heavy atom. The van der Waals surface area contributed by atoms with Crippen LogP contribution in [-0.2, 0) is 31.9 Å². The number of rotatable bonds is 11. The fourth-order valence-corrected chi connectivity index (χ4v) is 9.08. The minimum atomic E-state index is -0.473. The van der Waals surface area contributed by atoms with Gasteiger partial charge in [-0.1, -0.05) is 59.6 Å². The van der Waals surface area contributed by atoms with Crippen LogP contribution in [0.1, 0.15) is 74.0 Å². The van der Waals surface area contributed by atoms with E-state index in [2.05, 4.69) is 11.5 Å². The maximum Gasteiger partial charge on any atom is 0.354 e. The van der Waals surface area contributed by atoms with Crippen LogP contribution in [0, 0.1) is 27.7 Å². The van der Waals surface area contributed by atoms with E-state index in [1.54, 1.807) is 10.6 Å². The summed E-state index contributed by atoms with van der Waals surface area (Å²) in [6, 6.07) is 23.2. The summed E-state index contributed by atoms with van der Waals surface area (Å²) in [5.41, 5.74) is 10.7. The van der Waals surface area contributed by atoms with Gasteiger partial charge in [-0.25, -0.2) is 4.79 Å². The number of ether oxygens (including phenoxy) is 3. The standard InChI is InChI=1S/C47H47Cl2N5O5/c1-26-19-33(20-27(2)42(26)49)58-18-12-15-35-36-16-17-37(48)41(40-29(4)50-52(7)30(40)5)44(36)54-28(3)24-53(46(55)45(35)54)38-23-34(59-25-31-13-10-9-11-14-31)21-32-22-39(47(56)57-8)51(6)43(32)38/h9-11,13-14,16-17,19-23,28H,12,15,18,24-25H2,1-8H3/t28-/m1/s1. The molecule has 12 heteroatoms. The van der Waals surface area contributed by atoms with Gasteiger partial charge in [0.1, 0.15) is 29.5 Å². The summed E-state index contributed by atoms with van der Waals surface area (Å²) in [7, 11) is 5.11. The first-order valence-electron chi connectivity index (χ1n) is 19.7. The molecule has 304 valence electrons. The SMILES string of the molecule is COC(=O)c1cc2cc(OCc3ccccc3)cc(N3C[C@@H](C)n4c(c(CCCOc5cc(C)c(Cl)c(C)c5)c5ccc(Cl)c(-c6c(C)nn(C)c6C)c54)C3=O)c2n1C. The lowest BCUT2D eigenvalue weighted by molar-refractivity contribution is 0.0590. The van der Waals surface area contributed by atoms with E-state index in [9.17, 15) is 4.79 Å². The number of nitrogens with zero attached hydrogens (tertiary/aromatic N) is 5. The van der Waals surface area contributed by atoms with Gasteiger partial charge in [-0.2, -0.15) is 5.10 Å². The molecular formula is C47H47Cl2N5O5. The van der Waals surface area contributed by atoms with Gasteiger partial charge in [0.25, 0.3) is 5.91 Å². The molecule has 10 nitrogen and oxygen atoms in total. The third-order valence-corrected chi connectivity index (χ3v) is 12.5. The summed E-state index contributed by atoms with van der Waals surface area (Å²) in [6.07, 6.45) is 1.21. The van der Waals surface area contributed by atoms with Gasteiger partial charge in [-0.15, -0.1) is 0 Å². The average Bonchev–Trinajstić information content (AvgIpc) is 3.83. The van der Waals surface area contributed by atoms with Crippen molar-refractivity contribution in [3.8, 4) is 22.6 Å². The van der Waals surface area contributed by atoms with Gasteiger partial charge in [0, 0.05) is 65.4 Å². The zero-order valence-electron chi connectivity index (χ0n) is 34.6. The Hall–Kier alpha value is -5.71. The molecule has 4 heterocycles. The van der Waals surface area contributed by atoms with Crippen LogP contribution in [0.3, 0.4) is 0 Å². The number of hydrogen-bond donors (Lipinski definition) is 0. The normalized spacial score (nSPS) is 14.0. The van der Waals surface area contributed by atoms with Crippen molar-refractivity contribution < 1.29 is 23.8 Å². The van der Waals surface area contributed by atoms with E-state index < -0.39 is 5.97 Å². The van der Waals surface area contributed by atoms with Gasteiger partial charge in [0.2, 0.25) is 0 Å². The van der Waals surface area contributed by atoms with Gasteiger partial charge in [-0.05, 0) is 100 Å². The molecule has 0 saturated heterocycles. The van der Waals surface area contributed by atoms with Crippen molar-refractivity contribution in [1.29, 1.82) is 0 Å². The van der Waals surface area contributed by atoms with E-state index >= 15 is 4.79 Å². The zero-order chi connectivity index (χ0) is 41.9. The zero-order valence-corrected chi connectivity index (χ0v) is 36.1. The van der Waals surface area contributed by atoms with Crippen LogP contribution in [0.2, 0.25) is 10.0 Å². The summed E-state index contributed by atoms with van der Waals surface area (Å²) in [6.45, 7) is 11.2. The second-order valence-electron chi connectivity index (χ2n) is 15.5. The number of methoxy groups -OCH3 is 1. The number of halogens is 2. The molecular weight excluding hydrogens is 785 g/mol. The smallest absolute Gasteiger partial charge is 0.354 e. The number of amides is 1. The Bertz CT molecular complexity index is 2780. The molecule has 8 rings (SSSR count). The maximum absolute atomic E-state index is 15.5. The van der Waals surface area contributed by atoms with Crippen LogP contribution in [0.5, 0.6) is 11.5 Å². The van der Waals surface area contributed by atoms with Crippen LogP contribution in [-0.4, -0.2) is 51.1 Å². The summed E-state index contributed by atoms with van der Waals surface area (Å²) in [4.78, 5) is 30.3. The highest BCUT2D eigenvalue weighted by molar-refractivity contribution is 6.35. The van der Waals surface area contributed by atoms with E-state index in [-0.39, 0.29) is 11.9 Å². The summed E-state index contributed by atoms with van der Waals surface area (Å²) >= 11 is 13.6. The van der Waals surface area contributed by atoms with E-state index in [0.717, 1.165) is 77.3 Å². The molecule has 1 atom stereocenters. The molecule has 0 unspecified atom stereocenters. The quantitative estimate of drug-likeness (QED) is 0.0952. The largest absolute Gasteiger partial charge is 0.494 e. The summed E-state index contributed by atoms with van der Waals surface area (Å²) in [5, 5.41) is 7.78. The van der Waals surface area contributed by atoms with Crippen molar-refractivity contribution in [2.45, 2.75) is 60.1 Å². The fraction of sp³-hybridized carbons (Fsp3) is 0.298. The number of aromatic nitrogens is 4. The molecule has 1 aliphatic rings. The van der Waals surface area contributed by atoms with Crippen LogP contribution in [0.25, 0.3) is 32.9 Å².